The van der Waals surface area contributed by atoms with Gasteiger partial charge in [0.2, 0.25) is 11.9 Å². The lowest BCUT2D eigenvalue weighted by molar-refractivity contribution is -0.113. The van der Waals surface area contributed by atoms with E-state index in [1.807, 2.05) is 25.1 Å². The normalized spacial score (nSPS) is 17.8. The number of aryl methyl sites for hydroxylation is 1. The van der Waals surface area contributed by atoms with E-state index >= 15 is 0 Å². The van der Waals surface area contributed by atoms with Gasteiger partial charge in [-0.3, -0.25) is 9.36 Å². The van der Waals surface area contributed by atoms with Crippen molar-refractivity contribution in [1.82, 2.24) is 14.8 Å². The maximum atomic E-state index is 12.4. The highest BCUT2D eigenvalue weighted by Gasteiger charge is 2.32. The van der Waals surface area contributed by atoms with E-state index < -0.39 is 0 Å². The largest absolute Gasteiger partial charge is 0.341 e. The van der Waals surface area contributed by atoms with Gasteiger partial charge in [0.15, 0.2) is 5.16 Å². The summed E-state index contributed by atoms with van der Waals surface area (Å²) in [4.78, 5) is 14.8. The zero-order valence-corrected chi connectivity index (χ0v) is 18.7. The number of hydrogen-bond donors (Lipinski definition) is 1. The van der Waals surface area contributed by atoms with Crippen LogP contribution in [-0.4, -0.2) is 39.5 Å². The van der Waals surface area contributed by atoms with Gasteiger partial charge in [-0.15, -0.1) is 10.2 Å². The fourth-order valence-corrected chi connectivity index (χ4v) is 4.88. The number of carbonyl (C=O) groups excluding carboxylic acids is 1. The highest BCUT2D eigenvalue weighted by molar-refractivity contribution is 9.10. The van der Waals surface area contributed by atoms with E-state index in [0.717, 1.165) is 45.8 Å². The molecule has 0 radical (unpaired) electrons. The Hall–Kier alpha value is -1.54. The van der Waals surface area contributed by atoms with Crippen molar-refractivity contribution in [2.24, 2.45) is 5.92 Å². The fourth-order valence-electron chi connectivity index (χ4n) is 3.48. The van der Waals surface area contributed by atoms with Crippen molar-refractivity contribution in [2.75, 3.05) is 29.1 Å². The van der Waals surface area contributed by atoms with Crippen LogP contribution in [0.25, 0.3) is 0 Å². The summed E-state index contributed by atoms with van der Waals surface area (Å²) in [5.41, 5.74) is 1.94. The Balaban J connectivity index is 1.41. The lowest BCUT2D eigenvalue weighted by atomic mass is 10.00. The van der Waals surface area contributed by atoms with Crippen molar-refractivity contribution >= 4 is 45.2 Å². The number of halogens is 1. The van der Waals surface area contributed by atoms with Crippen molar-refractivity contribution in [2.45, 2.75) is 50.7 Å². The molecular weight excluding hydrogens is 438 g/mol. The lowest BCUT2D eigenvalue weighted by Crippen LogP contribution is -2.34. The predicted molar refractivity (Wildman–Crippen MR) is 117 cm³/mol. The van der Waals surface area contributed by atoms with E-state index in [9.17, 15) is 4.79 Å². The van der Waals surface area contributed by atoms with Crippen molar-refractivity contribution < 1.29 is 4.79 Å². The van der Waals surface area contributed by atoms with Crippen LogP contribution in [0.5, 0.6) is 0 Å². The Morgan fingerprint density at radius 1 is 1.25 bits per heavy atom. The van der Waals surface area contributed by atoms with Crippen LogP contribution in [0.3, 0.4) is 0 Å². The predicted octanol–water partition coefficient (Wildman–Crippen LogP) is 4.65. The van der Waals surface area contributed by atoms with E-state index in [-0.39, 0.29) is 5.91 Å². The fraction of sp³-hybridized carbons (Fsp3) is 0.550. The summed E-state index contributed by atoms with van der Waals surface area (Å²) in [6, 6.07) is 6.40. The maximum absolute atomic E-state index is 12.4. The Kier molecular flexibility index (Phi) is 5.96. The monoisotopic (exact) mass is 463 g/mol. The number of hydrogen-bond acceptors (Lipinski definition) is 5. The van der Waals surface area contributed by atoms with Gasteiger partial charge < -0.3 is 10.2 Å². The minimum Gasteiger partial charge on any atom is -0.341 e. The van der Waals surface area contributed by atoms with Gasteiger partial charge in [-0.25, -0.2) is 0 Å². The molecule has 2 fully saturated rings. The molecule has 1 aromatic carbocycles. The molecule has 1 saturated carbocycles. The number of rotatable bonds is 6. The minimum absolute atomic E-state index is 0.0340. The van der Waals surface area contributed by atoms with Crippen molar-refractivity contribution in [3.8, 4) is 0 Å². The molecule has 2 aromatic rings. The Morgan fingerprint density at radius 2 is 2.00 bits per heavy atom. The van der Waals surface area contributed by atoms with E-state index in [4.69, 9.17) is 0 Å². The number of nitrogens with one attached hydrogen (secondary N) is 1. The smallest absolute Gasteiger partial charge is 0.234 e. The number of carbonyl (C=O) groups is 1. The van der Waals surface area contributed by atoms with Crippen LogP contribution in [0.15, 0.2) is 27.8 Å². The van der Waals surface area contributed by atoms with Crippen LogP contribution >= 0.6 is 27.7 Å². The second kappa shape index (κ2) is 8.45. The standard InChI is InChI=1S/C20H26BrN5OS/c1-13-7-9-25(10-8-13)19-23-24-20(26(19)15-4-5-15)28-12-18(27)22-17-6-3-14(2)11-16(17)21/h3,6,11,13,15H,4-5,7-10,12H2,1-2H3,(H,22,27). The summed E-state index contributed by atoms with van der Waals surface area (Å²) in [6.07, 6.45) is 4.75. The summed E-state index contributed by atoms with van der Waals surface area (Å²) < 4.78 is 3.16. The van der Waals surface area contributed by atoms with Gasteiger partial charge in [-0.05, 0) is 72.2 Å². The van der Waals surface area contributed by atoms with E-state index in [0.29, 0.717) is 11.8 Å². The van der Waals surface area contributed by atoms with Crippen molar-refractivity contribution in [3.05, 3.63) is 28.2 Å². The molecule has 6 nitrogen and oxygen atoms in total. The Morgan fingerprint density at radius 3 is 2.68 bits per heavy atom. The highest BCUT2D eigenvalue weighted by Crippen LogP contribution is 2.41. The number of thioether (sulfide) groups is 1. The summed E-state index contributed by atoms with van der Waals surface area (Å²) in [7, 11) is 0. The summed E-state index contributed by atoms with van der Waals surface area (Å²) >= 11 is 4.98. The second-order valence-electron chi connectivity index (χ2n) is 7.87. The molecule has 4 rings (SSSR count). The van der Waals surface area contributed by atoms with Crippen LogP contribution in [0.1, 0.15) is 44.2 Å². The zero-order chi connectivity index (χ0) is 19.7. The van der Waals surface area contributed by atoms with E-state index in [1.54, 1.807) is 0 Å². The molecule has 0 atom stereocenters. The molecule has 1 amide bonds. The molecule has 1 N–H and O–H groups in total. The van der Waals surface area contributed by atoms with Gasteiger partial charge in [0.25, 0.3) is 0 Å². The molecule has 28 heavy (non-hydrogen) atoms. The average Bonchev–Trinajstić information content (AvgIpc) is 3.42. The SMILES string of the molecule is Cc1ccc(NC(=O)CSc2nnc(N3CCC(C)CC3)n2C2CC2)c(Br)c1. The Bertz CT molecular complexity index is 858. The number of piperidine rings is 1. The second-order valence-corrected chi connectivity index (χ2v) is 9.67. The molecule has 0 unspecified atom stereocenters. The van der Waals surface area contributed by atoms with Crippen LogP contribution in [0, 0.1) is 12.8 Å². The number of benzene rings is 1. The summed E-state index contributed by atoms with van der Waals surface area (Å²) in [5.74, 6) is 2.06. The molecular formula is C20H26BrN5OS. The number of anilines is 2. The molecule has 150 valence electrons. The maximum Gasteiger partial charge on any atom is 0.234 e. The Labute approximate surface area is 178 Å². The van der Waals surface area contributed by atoms with Gasteiger partial charge in [-0.2, -0.15) is 0 Å². The molecule has 1 saturated heterocycles. The quantitative estimate of drug-likeness (QED) is 0.631. The molecule has 0 spiro atoms. The molecule has 1 aliphatic carbocycles. The third-order valence-corrected chi connectivity index (χ3v) is 6.96. The lowest BCUT2D eigenvalue weighted by Gasteiger charge is -2.31. The first kappa shape index (κ1) is 19.8. The van der Waals surface area contributed by atoms with Crippen LogP contribution < -0.4 is 10.2 Å². The third-order valence-electron chi connectivity index (χ3n) is 5.36. The average molecular weight is 464 g/mol. The van der Waals surface area contributed by atoms with E-state index in [2.05, 4.69) is 47.8 Å². The first-order valence-electron chi connectivity index (χ1n) is 9.90. The van der Waals surface area contributed by atoms with Crippen molar-refractivity contribution in [3.63, 3.8) is 0 Å². The number of aromatic nitrogens is 3. The molecule has 1 aromatic heterocycles. The topological polar surface area (TPSA) is 63.1 Å². The molecule has 8 heteroatoms. The molecule has 0 bridgehead atoms. The third kappa shape index (κ3) is 4.54. The van der Waals surface area contributed by atoms with Gasteiger partial charge in [0.05, 0.1) is 11.4 Å². The van der Waals surface area contributed by atoms with Crippen LogP contribution in [0.4, 0.5) is 11.6 Å². The number of amides is 1. The van der Waals surface area contributed by atoms with Crippen LogP contribution in [-0.2, 0) is 4.79 Å². The van der Waals surface area contributed by atoms with Gasteiger partial charge >= 0.3 is 0 Å². The number of nitrogens with zero attached hydrogens (tertiary/aromatic N) is 4. The molecule has 2 heterocycles. The van der Waals surface area contributed by atoms with Gasteiger partial charge in [0, 0.05) is 23.6 Å². The summed E-state index contributed by atoms with van der Waals surface area (Å²) in [5, 5.41) is 12.7. The first-order valence-corrected chi connectivity index (χ1v) is 11.7. The van der Waals surface area contributed by atoms with Crippen molar-refractivity contribution in [1.29, 1.82) is 0 Å². The highest BCUT2D eigenvalue weighted by atomic mass is 79.9. The summed E-state index contributed by atoms with van der Waals surface area (Å²) in [6.45, 7) is 6.42. The van der Waals surface area contributed by atoms with Crippen LogP contribution in [0.2, 0.25) is 0 Å². The van der Waals surface area contributed by atoms with E-state index in [1.165, 1.54) is 37.4 Å². The molecule has 1 aliphatic heterocycles. The first-order chi connectivity index (χ1) is 13.5. The van der Waals surface area contributed by atoms with Gasteiger partial charge in [0.1, 0.15) is 0 Å². The molecule has 2 aliphatic rings. The minimum atomic E-state index is -0.0340. The zero-order valence-electron chi connectivity index (χ0n) is 16.3. The van der Waals surface area contributed by atoms with Gasteiger partial charge in [-0.1, -0.05) is 24.8 Å².